The molecule has 0 saturated heterocycles. The van der Waals surface area contributed by atoms with Crippen LogP contribution in [0.15, 0.2) is 6.07 Å². The summed E-state index contributed by atoms with van der Waals surface area (Å²) in [6.45, 7) is 0. The molecule has 0 aromatic carbocycles. The summed E-state index contributed by atoms with van der Waals surface area (Å²) >= 11 is 5.62. The van der Waals surface area contributed by atoms with Crippen LogP contribution in [0.5, 0.6) is 5.75 Å². The number of hydrogen-bond donors (Lipinski definition) is 1. The minimum atomic E-state index is -2.83. The first-order chi connectivity index (χ1) is 7.45. The van der Waals surface area contributed by atoms with Gasteiger partial charge < -0.3 is 9.84 Å². The first-order valence-corrected chi connectivity index (χ1v) is 4.56. The van der Waals surface area contributed by atoms with Gasteiger partial charge in [0, 0.05) is 5.56 Å². The lowest BCUT2D eigenvalue weighted by atomic mass is 10.1. The van der Waals surface area contributed by atoms with Gasteiger partial charge in [0.25, 0.3) is 6.43 Å². The van der Waals surface area contributed by atoms with Gasteiger partial charge in [-0.3, -0.25) is 4.79 Å². The van der Waals surface area contributed by atoms with Crippen LogP contribution in [-0.2, 0) is 11.2 Å². The lowest BCUT2D eigenvalue weighted by Crippen LogP contribution is -2.07. The highest BCUT2D eigenvalue weighted by atomic mass is 35.5. The van der Waals surface area contributed by atoms with E-state index in [0.717, 1.165) is 6.07 Å². The van der Waals surface area contributed by atoms with Crippen molar-refractivity contribution in [3.8, 4) is 5.75 Å². The van der Waals surface area contributed by atoms with Crippen molar-refractivity contribution in [3.05, 3.63) is 22.5 Å². The van der Waals surface area contributed by atoms with Crippen LogP contribution in [0.25, 0.3) is 0 Å². The average Bonchev–Trinajstić information content (AvgIpc) is 2.16. The Kier molecular flexibility index (Phi) is 4.00. The van der Waals surface area contributed by atoms with Crippen molar-refractivity contribution >= 4 is 17.6 Å². The van der Waals surface area contributed by atoms with Crippen molar-refractivity contribution in [1.82, 2.24) is 4.98 Å². The minimum Gasteiger partial charge on any atom is -0.494 e. The van der Waals surface area contributed by atoms with E-state index in [-0.39, 0.29) is 16.6 Å². The molecule has 0 saturated carbocycles. The maximum absolute atomic E-state index is 12.6. The Morgan fingerprint density at radius 3 is 2.75 bits per heavy atom. The Morgan fingerprint density at radius 2 is 2.31 bits per heavy atom. The lowest BCUT2D eigenvalue weighted by Gasteiger charge is -2.09. The van der Waals surface area contributed by atoms with E-state index in [4.69, 9.17) is 21.4 Å². The van der Waals surface area contributed by atoms with Crippen LogP contribution in [-0.4, -0.2) is 23.2 Å². The highest BCUT2D eigenvalue weighted by molar-refractivity contribution is 6.30. The van der Waals surface area contributed by atoms with Crippen LogP contribution in [0.1, 0.15) is 17.7 Å². The number of aromatic nitrogens is 1. The molecule has 1 N–H and O–H groups in total. The fourth-order valence-electron chi connectivity index (χ4n) is 1.14. The van der Waals surface area contributed by atoms with Crippen molar-refractivity contribution < 1.29 is 23.4 Å². The molecular formula is C9H8ClF2NO3. The molecule has 16 heavy (non-hydrogen) atoms. The van der Waals surface area contributed by atoms with Crippen LogP contribution >= 0.6 is 11.6 Å². The Labute approximate surface area is 94.8 Å². The van der Waals surface area contributed by atoms with Gasteiger partial charge in [-0.05, 0) is 6.07 Å². The van der Waals surface area contributed by atoms with Crippen LogP contribution in [0.2, 0.25) is 5.15 Å². The zero-order chi connectivity index (χ0) is 12.3. The molecule has 0 unspecified atom stereocenters. The molecule has 0 amide bonds. The van der Waals surface area contributed by atoms with E-state index >= 15 is 0 Å². The summed E-state index contributed by atoms with van der Waals surface area (Å²) in [5.74, 6) is -1.26. The third-order valence-corrected chi connectivity index (χ3v) is 2.10. The summed E-state index contributed by atoms with van der Waals surface area (Å²) in [6, 6.07) is 0.998. The van der Waals surface area contributed by atoms with E-state index in [9.17, 15) is 13.6 Å². The van der Waals surface area contributed by atoms with E-state index in [1.165, 1.54) is 7.11 Å². The second kappa shape index (κ2) is 5.07. The number of rotatable bonds is 4. The molecule has 1 rings (SSSR count). The van der Waals surface area contributed by atoms with Gasteiger partial charge in [-0.1, -0.05) is 11.6 Å². The van der Waals surface area contributed by atoms with Gasteiger partial charge in [-0.2, -0.15) is 0 Å². The number of hydrogen-bond acceptors (Lipinski definition) is 3. The monoisotopic (exact) mass is 251 g/mol. The maximum Gasteiger partial charge on any atom is 0.309 e. The van der Waals surface area contributed by atoms with Gasteiger partial charge in [0.1, 0.15) is 0 Å². The van der Waals surface area contributed by atoms with Gasteiger partial charge >= 0.3 is 5.97 Å². The molecule has 1 aromatic rings. The molecular weight excluding hydrogens is 244 g/mol. The van der Waals surface area contributed by atoms with E-state index in [1.54, 1.807) is 0 Å². The number of pyridine rings is 1. The molecule has 4 nitrogen and oxygen atoms in total. The number of halogens is 3. The molecule has 0 aliphatic heterocycles. The van der Waals surface area contributed by atoms with Gasteiger partial charge in [-0.15, -0.1) is 0 Å². The number of ether oxygens (including phenoxy) is 1. The zero-order valence-electron chi connectivity index (χ0n) is 8.21. The SMILES string of the molecule is COc1cc(C(F)F)c(CC(=O)O)nc1Cl. The molecule has 0 aliphatic rings. The second-order valence-corrected chi connectivity index (χ2v) is 3.25. The largest absolute Gasteiger partial charge is 0.494 e. The molecule has 7 heteroatoms. The number of methoxy groups -OCH3 is 1. The molecule has 0 fully saturated rings. The minimum absolute atomic E-state index is 0.00824. The number of alkyl halides is 2. The Morgan fingerprint density at radius 1 is 1.69 bits per heavy atom. The zero-order valence-corrected chi connectivity index (χ0v) is 8.96. The highest BCUT2D eigenvalue weighted by Gasteiger charge is 2.19. The predicted octanol–water partition coefficient (Wildman–Crippen LogP) is 2.31. The van der Waals surface area contributed by atoms with Gasteiger partial charge in [0.2, 0.25) is 0 Å². The van der Waals surface area contributed by atoms with E-state index in [1.807, 2.05) is 0 Å². The third-order valence-electron chi connectivity index (χ3n) is 1.83. The highest BCUT2D eigenvalue weighted by Crippen LogP contribution is 2.30. The molecule has 88 valence electrons. The van der Waals surface area contributed by atoms with Gasteiger partial charge in [-0.25, -0.2) is 13.8 Å². The van der Waals surface area contributed by atoms with Crippen LogP contribution in [0.4, 0.5) is 8.78 Å². The maximum atomic E-state index is 12.6. The molecule has 0 spiro atoms. The first kappa shape index (κ1) is 12.6. The fourth-order valence-corrected chi connectivity index (χ4v) is 1.37. The van der Waals surface area contributed by atoms with Gasteiger partial charge in [0.15, 0.2) is 10.9 Å². The van der Waals surface area contributed by atoms with Crippen LogP contribution in [0, 0.1) is 0 Å². The van der Waals surface area contributed by atoms with Crippen LogP contribution < -0.4 is 4.74 Å². The molecule has 0 radical (unpaired) electrons. The van der Waals surface area contributed by atoms with E-state index in [0.29, 0.717) is 0 Å². The van der Waals surface area contributed by atoms with Crippen molar-refractivity contribution in [2.75, 3.05) is 7.11 Å². The smallest absolute Gasteiger partial charge is 0.309 e. The van der Waals surface area contributed by atoms with Crippen molar-refractivity contribution in [2.24, 2.45) is 0 Å². The molecule has 0 bridgehead atoms. The van der Waals surface area contributed by atoms with Crippen LogP contribution in [0.3, 0.4) is 0 Å². The Hall–Kier alpha value is -1.43. The fraction of sp³-hybridized carbons (Fsp3) is 0.333. The summed E-state index contributed by atoms with van der Waals surface area (Å²) in [7, 11) is 1.26. The summed E-state index contributed by atoms with van der Waals surface area (Å²) < 4.78 is 29.9. The Bertz CT molecular complexity index is 412. The van der Waals surface area contributed by atoms with Crippen molar-refractivity contribution in [1.29, 1.82) is 0 Å². The number of aliphatic carboxylic acids is 1. The normalized spacial score (nSPS) is 10.6. The van der Waals surface area contributed by atoms with Crippen molar-refractivity contribution in [2.45, 2.75) is 12.8 Å². The number of carboxylic acid groups (broad SMARTS) is 1. The molecule has 1 heterocycles. The summed E-state index contributed by atoms with van der Waals surface area (Å²) in [4.78, 5) is 14.0. The third kappa shape index (κ3) is 2.79. The van der Waals surface area contributed by atoms with Crippen molar-refractivity contribution in [3.63, 3.8) is 0 Å². The first-order valence-electron chi connectivity index (χ1n) is 4.19. The molecule has 1 aromatic heterocycles. The standard InChI is InChI=1S/C9H8ClF2NO3/c1-16-6-2-4(9(11)12)5(3-7(14)15)13-8(6)10/h2,9H,3H2,1H3,(H,14,15). The lowest BCUT2D eigenvalue weighted by molar-refractivity contribution is -0.136. The van der Waals surface area contributed by atoms with E-state index < -0.39 is 24.4 Å². The number of carboxylic acids is 1. The Balaban J connectivity index is 3.24. The summed E-state index contributed by atoms with van der Waals surface area (Å²) in [5.41, 5.74) is -0.739. The predicted molar refractivity (Wildman–Crippen MR) is 52.1 cm³/mol. The number of carbonyl (C=O) groups is 1. The topological polar surface area (TPSA) is 59.4 Å². The second-order valence-electron chi connectivity index (χ2n) is 2.89. The molecule has 0 aliphatic carbocycles. The quantitative estimate of drug-likeness (QED) is 0.834. The summed E-state index contributed by atoms with van der Waals surface area (Å²) in [5, 5.41) is 8.40. The molecule has 0 atom stereocenters. The van der Waals surface area contributed by atoms with E-state index in [2.05, 4.69) is 4.98 Å². The number of nitrogens with zero attached hydrogens (tertiary/aromatic N) is 1. The van der Waals surface area contributed by atoms with Gasteiger partial charge in [0.05, 0.1) is 19.2 Å². The summed E-state index contributed by atoms with van der Waals surface area (Å²) in [6.07, 6.45) is -3.43. The average molecular weight is 252 g/mol.